The second kappa shape index (κ2) is 10.2. The summed E-state index contributed by atoms with van der Waals surface area (Å²) >= 11 is 0. The minimum atomic E-state index is -0.871. The molecular formula is C26H30N2O3. The summed E-state index contributed by atoms with van der Waals surface area (Å²) in [7, 11) is 0. The van der Waals surface area contributed by atoms with Gasteiger partial charge in [0.05, 0.1) is 23.4 Å². The predicted molar refractivity (Wildman–Crippen MR) is 125 cm³/mol. The topological polar surface area (TPSA) is 79.3 Å². The first-order valence-corrected chi connectivity index (χ1v) is 10.8. The quantitative estimate of drug-likeness (QED) is 0.384. The molecule has 5 nitrogen and oxygen atoms in total. The Morgan fingerprint density at radius 3 is 2.48 bits per heavy atom. The Labute approximate surface area is 183 Å². The van der Waals surface area contributed by atoms with Crippen molar-refractivity contribution in [1.29, 1.82) is 0 Å². The molecule has 0 aliphatic heterocycles. The number of pyridine rings is 1. The highest BCUT2D eigenvalue weighted by Crippen LogP contribution is 2.28. The molecule has 0 radical (unpaired) electrons. The Bertz CT molecular complexity index is 1060. The number of aliphatic carboxylic acids is 1. The Hall–Kier alpha value is -3.21. The van der Waals surface area contributed by atoms with Gasteiger partial charge in [-0.2, -0.15) is 0 Å². The van der Waals surface area contributed by atoms with E-state index in [-0.39, 0.29) is 24.7 Å². The van der Waals surface area contributed by atoms with Crippen LogP contribution >= 0.6 is 0 Å². The number of fused-ring (bicyclic) bond motifs is 1. The van der Waals surface area contributed by atoms with E-state index in [0.717, 1.165) is 34.1 Å². The molecular weight excluding hydrogens is 388 g/mol. The molecule has 2 N–H and O–H groups in total. The van der Waals surface area contributed by atoms with Gasteiger partial charge in [0.15, 0.2) is 5.78 Å². The molecule has 0 saturated heterocycles. The van der Waals surface area contributed by atoms with Crippen molar-refractivity contribution in [1.82, 2.24) is 4.98 Å². The molecule has 31 heavy (non-hydrogen) atoms. The van der Waals surface area contributed by atoms with Crippen LogP contribution in [0.15, 0.2) is 54.7 Å². The third-order valence-corrected chi connectivity index (χ3v) is 5.39. The van der Waals surface area contributed by atoms with Gasteiger partial charge in [0, 0.05) is 23.8 Å². The predicted octanol–water partition coefficient (Wildman–Crippen LogP) is 6.18. The van der Waals surface area contributed by atoms with Crippen molar-refractivity contribution in [2.45, 2.75) is 52.5 Å². The maximum Gasteiger partial charge on any atom is 0.303 e. The standard InChI is InChI=1S/C26H30N2O3/c1-17(2)14-23(28-22-15-21-7-4-6-18(3)26(21)27-16-22)19-10-12-20(13-11-19)24(29)8-5-9-25(30)31/h4,6-7,10-13,15-17,23,28H,5,8-9,14H2,1-3H3,(H,30,31). The fourth-order valence-corrected chi connectivity index (χ4v) is 3.79. The Morgan fingerprint density at radius 1 is 1.06 bits per heavy atom. The molecule has 0 aliphatic carbocycles. The highest BCUT2D eigenvalue weighted by atomic mass is 16.4. The number of carboxylic acids is 1. The number of hydrogen-bond donors (Lipinski definition) is 2. The van der Waals surface area contributed by atoms with Gasteiger partial charge in [0.2, 0.25) is 0 Å². The van der Waals surface area contributed by atoms with E-state index in [1.54, 1.807) is 0 Å². The number of benzene rings is 2. The van der Waals surface area contributed by atoms with Gasteiger partial charge in [-0.3, -0.25) is 14.6 Å². The molecule has 1 unspecified atom stereocenters. The summed E-state index contributed by atoms with van der Waals surface area (Å²) in [5.41, 5.74) is 4.88. The van der Waals surface area contributed by atoms with Gasteiger partial charge in [0.25, 0.3) is 0 Å². The number of carboxylic acid groups (broad SMARTS) is 1. The van der Waals surface area contributed by atoms with E-state index in [0.29, 0.717) is 17.9 Å². The largest absolute Gasteiger partial charge is 0.481 e. The Balaban J connectivity index is 1.76. The molecule has 162 valence electrons. The average Bonchev–Trinajstić information content (AvgIpc) is 2.73. The molecule has 0 saturated carbocycles. The molecule has 3 rings (SSSR count). The van der Waals surface area contributed by atoms with Gasteiger partial charge < -0.3 is 10.4 Å². The molecule has 0 aliphatic rings. The zero-order chi connectivity index (χ0) is 22.4. The lowest BCUT2D eigenvalue weighted by Gasteiger charge is -2.23. The average molecular weight is 419 g/mol. The summed E-state index contributed by atoms with van der Waals surface area (Å²) in [5, 5.41) is 13.5. The summed E-state index contributed by atoms with van der Waals surface area (Å²) in [4.78, 5) is 27.6. The molecule has 1 aromatic heterocycles. The minimum absolute atomic E-state index is 0.0174. The maximum atomic E-state index is 12.3. The monoisotopic (exact) mass is 418 g/mol. The lowest BCUT2D eigenvalue weighted by Crippen LogP contribution is -2.14. The number of aryl methyl sites for hydroxylation is 1. The highest BCUT2D eigenvalue weighted by molar-refractivity contribution is 5.96. The summed E-state index contributed by atoms with van der Waals surface area (Å²) in [5.74, 6) is -0.398. The number of carbonyl (C=O) groups excluding carboxylic acids is 1. The number of ketones is 1. The van der Waals surface area contributed by atoms with Crippen molar-refractivity contribution in [3.8, 4) is 0 Å². The van der Waals surface area contributed by atoms with E-state index < -0.39 is 5.97 Å². The third kappa shape index (κ3) is 6.14. The number of carbonyl (C=O) groups is 2. The van der Waals surface area contributed by atoms with Crippen LogP contribution in [0.5, 0.6) is 0 Å². The maximum absolute atomic E-state index is 12.3. The lowest BCUT2D eigenvalue weighted by molar-refractivity contribution is -0.137. The molecule has 0 fully saturated rings. The van der Waals surface area contributed by atoms with Gasteiger partial charge >= 0.3 is 5.97 Å². The van der Waals surface area contributed by atoms with Crippen molar-refractivity contribution in [2.75, 3.05) is 5.32 Å². The van der Waals surface area contributed by atoms with E-state index in [9.17, 15) is 9.59 Å². The highest BCUT2D eigenvalue weighted by Gasteiger charge is 2.15. The molecule has 3 aromatic rings. The molecule has 5 heteroatoms. The summed E-state index contributed by atoms with van der Waals surface area (Å²) in [6.45, 7) is 6.45. The van der Waals surface area contributed by atoms with Crippen LogP contribution in [0.1, 0.15) is 67.1 Å². The summed E-state index contributed by atoms with van der Waals surface area (Å²) in [6, 6.07) is 16.1. The Morgan fingerprint density at radius 2 is 1.81 bits per heavy atom. The van der Waals surface area contributed by atoms with Crippen molar-refractivity contribution < 1.29 is 14.7 Å². The fourth-order valence-electron chi connectivity index (χ4n) is 3.79. The van der Waals surface area contributed by atoms with E-state index in [4.69, 9.17) is 5.11 Å². The van der Waals surface area contributed by atoms with Gasteiger partial charge in [-0.25, -0.2) is 0 Å². The number of anilines is 1. The second-order valence-electron chi connectivity index (χ2n) is 8.49. The normalized spacial score (nSPS) is 12.1. The van der Waals surface area contributed by atoms with Gasteiger partial charge in [-0.1, -0.05) is 56.3 Å². The first-order chi connectivity index (χ1) is 14.8. The zero-order valence-corrected chi connectivity index (χ0v) is 18.4. The van der Waals surface area contributed by atoms with E-state index in [1.165, 1.54) is 0 Å². The van der Waals surface area contributed by atoms with Gasteiger partial charge in [-0.15, -0.1) is 0 Å². The number of para-hydroxylation sites is 1. The lowest BCUT2D eigenvalue weighted by atomic mass is 9.95. The molecule has 0 bridgehead atoms. The summed E-state index contributed by atoms with van der Waals surface area (Å²) < 4.78 is 0. The van der Waals surface area contributed by atoms with Crippen LogP contribution in [0.3, 0.4) is 0 Å². The number of nitrogens with one attached hydrogen (secondary N) is 1. The number of hydrogen-bond acceptors (Lipinski definition) is 4. The fraction of sp³-hybridized carbons (Fsp3) is 0.346. The van der Waals surface area contributed by atoms with Crippen LogP contribution in [0.2, 0.25) is 0 Å². The van der Waals surface area contributed by atoms with Crippen LogP contribution in [-0.4, -0.2) is 21.8 Å². The molecule has 0 spiro atoms. The number of nitrogens with zero attached hydrogens (tertiary/aromatic N) is 1. The number of aromatic nitrogens is 1. The number of Topliss-reactive ketones (excluding diaryl/α,β-unsaturated/α-hetero) is 1. The molecule has 1 heterocycles. The minimum Gasteiger partial charge on any atom is -0.481 e. The van der Waals surface area contributed by atoms with Gasteiger partial charge in [0.1, 0.15) is 0 Å². The number of rotatable bonds is 10. The SMILES string of the molecule is Cc1cccc2cc(NC(CC(C)C)c3ccc(C(=O)CCCC(=O)O)cc3)cnc12. The second-order valence-corrected chi connectivity index (χ2v) is 8.49. The van der Waals surface area contributed by atoms with Crippen molar-refractivity contribution in [3.63, 3.8) is 0 Å². The van der Waals surface area contributed by atoms with Crippen LogP contribution in [-0.2, 0) is 4.79 Å². The van der Waals surface area contributed by atoms with Crippen LogP contribution in [0, 0.1) is 12.8 Å². The van der Waals surface area contributed by atoms with Crippen molar-refractivity contribution >= 4 is 28.3 Å². The first-order valence-electron chi connectivity index (χ1n) is 10.8. The van der Waals surface area contributed by atoms with Crippen LogP contribution < -0.4 is 5.32 Å². The molecule has 1 atom stereocenters. The smallest absolute Gasteiger partial charge is 0.303 e. The van der Waals surface area contributed by atoms with E-state index in [1.807, 2.05) is 36.5 Å². The first kappa shape index (κ1) is 22.5. The molecule has 0 amide bonds. The van der Waals surface area contributed by atoms with Crippen molar-refractivity contribution in [2.24, 2.45) is 5.92 Å². The van der Waals surface area contributed by atoms with Crippen molar-refractivity contribution in [3.05, 3.63) is 71.4 Å². The Kier molecular flexibility index (Phi) is 7.40. The van der Waals surface area contributed by atoms with Gasteiger partial charge in [-0.05, 0) is 42.9 Å². The molecule has 2 aromatic carbocycles. The van der Waals surface area contributed by atoms with E-state index >= 15 is 0 Å². The van der Waals surface area contributed by atoms with Crippen LogP contribution in [0.4, 0.5) is 5.69 Å². The van der Waals surface area contributed by atoms with E-state index in [2.05, 4.69) is 49.3 Å². The third-order valence-electron chi connectivity index (χ3n) is 5.39. The summed E-state index contributed by atoms with van der Waals surface area (Å²) in [6.07, 6.45) is 3.45. The van der Waals surface area contributed by atoms with Crippen LogP contribution in [0.25, 0.3) is 10.9 Å². The zero-order valence-electron chi connectivity index (χ0n) is 18.4.